The van der Waals surface area contributed by atoms with E-state index in [2.05, 4.69) is 22.5 Å². The van der Waals surface area contributed by atoms with Crippen LogP contribution < -0.4 is 16.4 Å². The highest BCUT2D eigenvalue weighted by atomic mass is 35.5. The molecule has 4 aliphatic rings. The number of carbonyl (C=O) groups excluding carboxylic acids is 1. The van der Waals surface area contributed by atoms with Gasteiger partial charge in [-0.25, -0.2) is 9.79 Å². The van der Waals surface area contributed by atoms with E-state index in [-0.39, 0.29) is 23.6 Å². The standard InChI is InChI=1S/C22H31ClN4O2/c1-14(29-22-9-15-5-16(10-22)7-17(6-15)11-22)13-25-21(28)27-19-4-2-3-18(8-19)26-20(24)12-23/h2-4,8,14-17H,5-7,9-13H2,1H3,(H2,24,26)(H2,25,27,28). The van der Waals surface area contributed by atoms with Crippen molar-refractivity contribution in [2.45, 2.75) is 57.2 Å². The lowest BCUT2D eigenvalue weighted by atomic mass is 9.54. The number of halogens is 1. The number of carbonyl (C=O) groups is 1. The van der Waals surface area contributed by atoms with Gasteiger partial charge in [0.05, 0.1) is 23.3 Å². The van der Waals surface area contributed by atoms with Gasteiger partial charge in [0.15, 0.2) is 0 Å². The molecular weight excluding hydrogens is 388 g/mol. The smallest absolute Gasteiger partial charge is 0.319 e. The van der Waals surface area contributed by atoms with Crippen LogP contribution in [0, 0.1) is 17.8 Å². The Morgan fingerprint density at radius 2 is 1.93 bits per heavy atom. The van der Waals surface area contributed by atoms with Gasteiger partial charge in [-0.1, -0.05) is 6.07 Å². The molecule has 0 spiro atoms. The number of benzene rings is 1. The fraction of sp³-hybridized carbons (Fsp3) is 0.636. The van der Waals surface area contributed by atoms with E-state index in [9.17, 15) is 4.79 Å². The molecule has 4 bridgehead atoms. The van der Waals surface area contributed by atoms with E-state index < -0.39 is 0 Å². The highest BCUT2D eigenvalue weighted by molar-refractivity contribution is 6.28. The number of amidine groups is 1. The van der Waals surface area contributed by atoms with Crippen LogP contribution in [0.15, 0.2) is 29.3 Å². The molecule has 5 rings (SSSR count). The van der Waals surface area contributed by atoms with E-state index in [1.54, 1.807) is 6.07 Å². The van der Waals surface area contributed by atoms with Crippen molar-refractivity contribution < 1.29 is 9.53 Å². The number of alkyl halides is 1. The summed E-state index contributed by atoms with van der Waals surface area (Å²) in [6.45, 7) is 2.55. The van der Waals surface area contributed by atoms with Gasteiger partial charge in [-0.2, -0.15) is 0 Å². The molecule has 7 heteroatoms. The summed E-state index contributed by atoms with van der Waals surface area (Å²) in [6.07, 6.45) is 7.80. The van der Waals surface area contributed by atoms with Crippen molar-refractivity contribution in [3.05, 3.63) is 24.3 Å². The van der Waals surface area contributed by atoms with Crippen LogP contribution in [0.25, 0.3) is 0 Å². The second-order valence-corrected chi connectivity index (χ2v) is 9.42. The lowest BCUT2D eigenvalue weighted by Gasteiger charge is -2.57. The molecule has 0 aromatic heterocycles. The zero-order valence-electron chi connectivity index (χ0n) is 17.0. The predicted molar refractivity (Wildman–Crippen MR) is 117 cm³/mol. The largest absolute Gasteiger partial charge is 0.386 e. The summed E-state index contributed by atoms with van der Waals surface area (Å²) in [6, 6.07) is 6.94. The molecule has 2 amide bonds. The molecule has 4 N–H and O–H groups in total. The number of hydrogen-bond acceptors (Lipinski definition) is 3. The first-order valence-corrected chi connectivity index (χ1v) is 11.2. The Kier molecular flexibility index (Phi) is 6.02. The summed E-state index contributed by atoms with van der Waals surface area (Å²) in [7, 11) is 0. The fourth-order valence-electron chi connectivity index (χ4n) is 5.90. The lowest BCUT2D eigenvalue weighted by Crippen LogP contribution is -2.54. The first-order valence-electron chi connectivity index (χ1n) is 10.6. The number of aliphatic imine (C=N–C) groups is 1. The van der Waals surface area contributed by atoms with Crippen molar-refractivity contribution in [3.63, 3.8) is 0 Å². The second-order valence-electron chi connectivity index (χ2n) is 9.15. The van der Waals surface area contributed by atoms with Crippen molar-refractivity contribution in [1.29, 1.82) is 0 Å². The molecule has 4 saturated carbocycles. The number of urea groups is 1. The third-order valence-electron chi connectivity index (χ3n) is 6.50. The first-order chi connectivity index (χ1) is 13.9. The number of nitrogens with one attached hydrogen (secondary N) is 2. The molecule has 1 unspecified atom stereocenters. The van der Waals surface area contributed by atoms with Crippen molar-refractivity contribution in [1.82, 2.24) is 5.32 Å². The minimum atomic E-state index is -0.252. The number of rotatable bonds is 7. The Morgan fingerprint density at radius 1 is 1.28 bits per heavy atom. The molecule has 6 nitrogen and oxygen atoms in total. The summed E-state index contributed by atoms with van der Waals surface area (Å²) in [5.74, 6) is 3.07. The third kappa shape index (κ3) is 5.04. The molecular formula is C22H31ClN4O2. The minimum absolute atomic E-state index is 0.00328. The van der Waals surface area contributed by atoms with Crippen molar-refractivity contribution >= 4 is 34.8 Å². The average Bonchev–Trinajstić information content (AvgIpc) is 2.65. The Morgan fingerprint density at radius 3 is 2.55 bits per heavy atom. The average molecular weight is 419 g/mol. The minimum Gasteiger partial charge on any atom is -0.386 e. The van der Waals surface area contributed by atoms with E-state index in [1.807, 2.05) is 18.2 Å². The normalized spacial score (nSPS) is 31.5. The van der Waals surface area contributed by atoms with E-state index in [0.29, 0.717) is 23.8 Å². The van der Waals surface area contributed by atoms with Gasteiger partial charge in [-0.15, -0.1) is 11.6 Å². The van der Waals surface area contributed by atoms with Gasteiger partial charge >= 0.3 is 6.03 Å². The molecule has 0 saturated heterocycles. The predicted octanol–water partition coefficient (Wildman–Crippen LogP) is 4.41. The summed E-state index contributed by atoms with van der Waals surface area (Å²) in [4.78, 5) is 16.5. The maximum Gasteiger partial charge on any atom is 0.319 e. The zero-order valence-corrected chi connectivity index (χ0v) is 17.8. The van der Waals surface area contributed by atoms with Gasteiger partial charge in [-0.3, -0.25) is 0 Å². The highest BCUT2D eigenvalue weighted by Gasteiger charge is 2.52. The molecule has 1 aromatic carbocycles. The number of ether oxygens (including phenoxy) is 1. The van der Waals surface area contributed by atoms with Crippen LogP contribution in [0.4, 0.5) is 16.2 Å². The molecule has 4 fully saturated rings. The maximum absolute atomic E-state index is 12.3. The number of amides is 2. The van der Waals surface area contributed by atoms with Crippen LogP contribution in [0.5, 0.6) is 0 Å². The molecule has 0 radical (unpaired) electrons. The van der Waals surface area contributed by atoms with Crippen molar-refractivity contribution in [2.24, 2.45) is 28.5 Å². The molecule has 0 aliphatic heterocycles. The lowest BCUT2D eigenvalue weighted by molar-refractivity contribution is -0.182. The van der Waals surface area contributed by atoms with Gasteiger partial charge in [0.1, 0.15) is 5.84 Å². The van der Waals surface area contributed by atoms with Crippen LogP contribution in [0.2, 0.25) is 0 Å². The third-order valence-corrected chi connectivity index (χ3v) is 6.77. The SMILES string of the molecule is CC(CNC(=O)Nc1cccc(N=C(N)CCl)c1)OC12CC3CC(CC(C3)C1)C2. The summed E-state index contributed by atoms with van der Waals surface area (Å²) in [5, 5.41) is 5.77. The van der Waals surface area contributed by atoms with Crippen molar-refractivity contribution in [3.8, 4) is 0 Å². The number of nitrogens with zero attached hydrogens (tertiary/aromatic N) is 1. The van der Waals surface area contributed by atoms with Crippen LogP contribution in [-0.2, 0) is 4.74 Å². The Hall–Kier alpha value is -1.79. The van der Waals surface area contributed by atoms with E-state index in [1.165, 1.54) is 38.5 Å². The zero-order chi connectivity index (χ0) is 20.4. The molecule has 29 heavy (non-hydrogen) atoms. The molecule has 4 aliphatic carbocycles. The van der Waals surface area contributed by atoms with Crippen LogP contribution in [0.1, 0.15) is 45.4 Å². The fourth-order valence-corrected chi connectivity index (χ4v) is 5.96. The van der Waals surface area contributed by atoms with Gasteiger partial charge in [0, 0.05) is 12.2 Å². The molecule has 1 atom stereocenters. The monoisotopic (exact) mass is 418 g/mol. The van der Waals surface area contributed by atoms with Gasteiger partial charge < -0.3 is 21.1 Å². The molecule has 158 valence electrons. The van der Waals surface area contributed by atoms with Gasteiger partial charge in [0.25, 0.3) is 0 Å². The maximum atomic E-state index is 12.3. The quantitative estimate of drug-likeness (QED) is 0.348. The number of anilines is 1. The van der Waals surface area contributed by atoms with Crippen molar-refractivity contribution in [2.75, 3.05) is 17.7 Å². The summed E-state index contributed by atoms with van der Waals surface area (Å²) < 4.78 is 6.54. The Balaban J connectivity index is 1.26. The topological polar surface area (TPSA) is 88.7 Å². The highest BCUT2D eigenvalue weighted by Crippen LogP contribution is 2.57. The molecule has 0 heterocycles. The van der Waals surface area contributed by atoms with Crippen LogP contribution in [0.3, 0.4) is 0 Å². The Bertz CT molecular complexity index is 747. The van der Waals surface area contributed by atoms with E-state index >= 15 is 0 Å². The summed E-state index contributed by atoms with van der Waals surface area (Å²) in [5.41, 5.74) is 7.03. The Labute approximate surface area is 177 Å². The van der Waals surface area contributed by atoms with Crippen LogP contribution in [-0.4, -0.2) is 36.0 Å². The van der Waals surface area contributed by atoms with Crippen LogP contribution >= 0.6 is 11.6 Å². The molecule has 1 aromatic rings. The second kappa shape index (κ2) is 8.52. The number of nitrogens with two attached hydrogens (primary N) is 1. The van der Waals surface area contributed by atoms with Gasteiger partial charge in [0.2, 0.25) is 0 Å². The number of hydrogen-bond donors (Lipinski definition) is 3. The van der Waals surface area contributed by atoms with E-state index in [4.69, 9.17) is 22.1 Å². The first kappa shape index (κ1) is 20.5. The summed E-state index contributed by atoms with van der Waals surface area (Å²) >= 11 is 5.66. The van der Waals surface area contributed by atoms with E-state index in [0.717, 1.165) is 17.8 Å². The van der Waals surface area contributed by atoms with Gasteiger partial charge in [-0.05, 0) is 81.4 Å².